The van der Waals surface area contributed by atoms with Crippen molar-refractivity contribution in [2.24, 2.45) is 0 Å². The molecule has 0 aliphatic heterocycles. The molecule has 0 saturated carbocycles. The second-order valence-electron chi connectivity index (χ2n) is 6.53. The van der Waals surface area contributed by atoms with Crippen LogP contribution in [-0.4, -0.2) is 30.8 Å². The van der Waals surface area contributed by atoms with Gasteiger partial charge in [-0.2, -0.15) is 0 Å². The van der Waals surface area contributed by atoms with Crippen molar-refractivity contribution in [3.63, 3.8) is 0 Å². The molecule has 3 amide bonds. The highest BCUT2D eigenvalue weighted by Gasteiger charge is 2.10. The number of rotatable bonds is 7. The van der Waals surface area contributed by atoms with Crippen LogP contribution in [0.15, 0.2) is 77.3 Å². The van der Waals surface area contributed by atoms with Crippen LogP contribution in [0.3, 0.4) is 0 Å². The molecule has 0 atom stereocenters. The number of hydrogen-bond acceptors (Lipinski definition) is 3. The molecule has 0 saturated heterocycles. The van der Waals surface area contributed by atoms with Crippen molar-refractivity contribution < 1.29 is 18.8 Å². The maximum Gasteiger partial charge on any atom is 0.255 e. The monoisotopic (exact) mass is 483 g/mol. The predicted molar refractivity (Wildman–Crippen MR) is 120 cm³/mol. The van der Waals surface area contributed by atoms with E-state index in [1.54, 1.807) is 42.5 Å². The summed E-state index contributed by atoms with van der Waals surface area (Å²) in [5.41, 5.74) is 1.77. The van der Waals surface area contributed by atoms with Crippen LogP contribution in [0.1, 0.15) is 31.1 Å². The Morgan fingerprint density at radius 2 is 1.26 bits per heavy atom. The van der Waals surface area contributed by atoms with Crippen LogP contribution in [0, 0.1) is 5.82 Å². The molecule has 0 radical (unpaired) electrons. The first-order valence-corrected chi connectivity index (χ1v) is 10.2. The van der Waals surface area contributed by atoms with E-state index in [0.717, 1.165) is 0 Å². The van der Waals surface area contributed by atoms with Gasteiger partial charge in [-0.3, -0.25) is 14.4 Å². The van der Waals surface area contributed by atoms with Crippen LogP contribution >= 0.6 is 15.9 Å². The lowest BCUT2D eigenvalue weighted by atomic mass is 10.1. The molecule has 0 fully saturated rings. The van der Waals surface area contributed by atoms with Crippen LogP contribution in [0.5, 0.6) is 0 Å². The lowest BCUT2D eigenvalue weighted by molar-refractivity contribution is 0.0927. The van der Waals surface area contributed by atoms with Crippen molar-refractivity contribution in [3.05, 3.63) is 99.8 Å². The first-order valence-electron chi connectivity index (χ1n) is 9.42. The number of nitrogens with one attached hydrogen (secondary N) is 3. The van der Waals surface area contributed by atoms with Gasteiger partial charge < -0.3 is 16.0 Å². The Balaban J connectivity index is 1.45. The number of amides is 3. The van der Waals surface area contributed by atoms with E-state index in [1.165, 1.54) is 24.3 Å². The first kappa shape index (κ1) is 22.2. The Morgan fingerprint density at radius 1 is 0.710 bits per heavy atom. The Hall–Kier alpha value is -3.52. The van der Waals surface area contributed by atoms with Gasteiger partial charge in [0.05, 0.1) is 5.56 Å². The van der Waals surface area contributed by atoms with Gasteiger partial charge in [0.2, 0.25) is 0 Å². The van der Waals surface area contributed by atoms with Crippen LogP contribution in [0.2, 0.25) is 0 Å². The van der Waals surface area contributed by atoms with Crippen LogP contribution < -0.4 is 16.0 Å². The summed E-state index contributed by atoms with van der Waals surface area (Å²) >= 11 is 3.32. The summed E-state index contributed by atoms with van der Waals surface area (Å²) in [6.45, 7) is 0.537. The first-order chi connectivity index (χ1) is 14.9. The summed E-state index contributed by atoms with van der Waals surface area (Å²) < 4.78 is 13.6. The van der Waals surface area contributed by atoms with Gasteiger partial charge in [-0.25, -0.2) is 4.39 Å². The highest BCUT2D eigenvalue weighted by atomic mass is 79.9. The van der Waals surface area contributed by atoms with Gasteiger partial charge in [-0.15, -0.1) is 0 Å². The molecular formula is C23H19BrFN3O3. The minimum atomic E-state index is -0.417. The number of carbonyl (C=O) groups excluding carboxylic acids is 3. The van der Waals surface area contributed by atoms with Crippen molar-refractivity contribution in [1.29, 1.82) is 0 Å². The summed E-state index contributed by atoms with van der Waals surface area (Å²) in [6.07, 6.45) is 0. The van der Waals surface area contributed by atoms with E-state index in [0.29, 0.717) is 26.9 Å². The van der Waals surface area contributed by atoms with E-state index in [-0.39, 0.29) is 30.8 Å². The minimum absolute atomic E-state index is 0.233. The van der Waals surface area contributed by atoms with E-state index in [9.17, 15) is 18.8 Å². The Kier molecular flexibility index (Phi) is 7.50. The Morgan fingerprint density at radius 3 is 1.90 bits per heavy atom. The number of benzene rings is 3. The third kappa shape index (κ3) is 6.23. The third-order valence-electron chi connectivity index (χ3n) is 4.33. The van der Waals surface area contributed by atoms with Gasteiger partial charge >= 0.3 is 0 Å². The van der Waals surface area contributed by atoms with Gasteiger partial charge in [0, 0.05) is 34.4 Å². The molecule has 3 N–H and O–H groups in total. The SMILES string of the molecule is O=C(NCCNC(=O)c1ccccc1Br)c1ccc(NC(=O)c2ccc(F)cc2)cc1. The molecule has 0 heterocycles. The number of hydrogen-bond donors (Lipinski definition) is 3. The van der Waals surface area contributed by atoms with Gasteiger partial charge in [-0.1, -0.05) is 12.1 Å². The molecule has 3 rings (SSSR count). The zero-order valence-electron chi connectivity index (χ0n) is 16.3. The van der Waals surface area contributed by atoms with Crippen LogP contribution in [0.4, 0.5) is 10.1 Å². The molecule has 31 heavy (non-hydrogen) atoms. The quantitative estimate of drug-likeness (QED) is 0.443. The van der Waals surface area contributed by atoms with Crippen LogP contribution in [-0.2, 0) is 0 Å². The Bertz CT molecular complexity index is 1090. The molecule has 0 spiro atoms. The second-order valence-corrected chi connectivity index (χ2v) is 7.38. The number of anilines is 1. The molecular weight excluding hydrogens is 465 g/mol. The highest BCUT2D eigenvalue weighted by molar-refractivity contribution is 9.10. The van der Waals surface area contributed by atoms with E-state index < -0.39 is 5.82 Å². The van der Waals surface area contributed by atoms with E-state index in [2.05, 4.69) is 31.9 Å². The molecule has 8 heteroatoms. The molecule has 3 aromatic carbocycles. The van der Waals surface area contributed by atoms with Crippen molar-refractivity contribution in [2.75, 3.05) is 18.4 Å². The molecule has 0 bridgehead atoms. The lowest BCUT2D eigenvalue weighted by Crippen LogP contribution is -2.34. The minimum Gasteiger partial charge on any atom is -0.350 e. The standard InChI is InChI=1S/C23H19BrFN3O3/c24-20-4-2-1-3-19(20)23(31)27-14-13-26-21(29)15-7-11-18(12-8-15)28-22(30)16-5-9-17(25)10-6-16/h1-12H,13-14H2,(H,26,29)(H,27,31)(H,28,30). The smallest absolute Gasteiger partial charge is 0.255 e. The largest absolute Gasteiger partial charge is 0.350 e. The molecule has 0 aromatic heterocycles. The zero-order chi connectivity index (χ0) is 22.2. The van der Waals surface area contributed by atoms with E-state index in [1.807, 2.05) is 6.07 Å². The van der Waals surface area contributed by atoms with Crippen LogP contribution in [0.25, 0.3) is 0 Å². The fourth-order valence-electron chi connectivity index (χ4n) is 2.70. The molecule has 0 aliphatic carbocycles. The maximum atomic E-state index is 12.9. The highest BCUT2D eigenvalue weighted by Crippen LogP contribution is 2.15. The third-order valence-corrected chi connectivity index (χ3v) is 5.02. The lowest BCUT2D eigenvalue weighted by Gasteiger charge is -2.09. The number of carbonyl (C=O) groups is 3. The maximum absolute atomic E-state index is 12.9. The molecule has 0 unspecified atom stereocenters. The average molecular weight is 484 g/mol. The molecule has 0 aliphatic rings. The van der Waals surface area contributed by atoms with Crippen molar-refractivity contribution in [3.8, 4) is 0 Å². The van der Waals surface area contributed by atoms with Gasteiger partial charge in [0.25, 0.3) is 17.7 Å². The average Bonchev–Trinajstić information content (AvgIpc) is 2.77. The fourth-order valence-corrected chi connectivity index (χ4v) is 3.17. The summed E-state index contributed by atoms with van der Waals surface area (Å²) in [6, 6.07) is 18.6. The topological polar surface area (TPSA) is 87.3 Å². The summed E-state index contributed by atoms with van der Waals surface area (Å²) in [5.74, 6) is -1.33. The van der Waals surface area contributed by atoms with Crippen molar-refractivity contribution in [2.45, 2.75) is 0 Å². The molecule has 158 valence electrons. The van der Waals surface area contributed by atoms with Crippen molar-refractivity contribution >= 4 is 39.3 Å². The fraction of sp³-hybridized carbons (Fsp3) is 0.0870. The van der Waals surface area contributed by atoms with Gasteiger partial charge in [0.15, 0.2) is 0 Å². The summed E-state index contributed by atoms with van der Waals surface area (Å²) in [4.78, 5) is 36.5. The summed E-state index contributed by atoms with van der Waals surface area (Å²) in [7, 11) is 0. The summed E-state index contributed by atoms with van der Waals surface area (Å²) in [5, 5.41) is 8.15. The molecule has 3 aromatic rings. The number of halogens is 2. The predicted octanol–water partition coefficient (Wildman–Crippen LogP) is 4.00. The van der Waals surface area contributed by atoms with E-state index >= 15 is 0 Å². The van der Waals surface area contributed by atoms with Crippen molar-refractivity contribution in [1.82, 2.24) is 10.6 Å². The Labute approximate surface area is 187 Å². The van der Waals surface area contributed by atoms with Gasteiger partial charge in [0.1, 0.15) is 5.82 Å². The normalized spacial score (nSPS) is 10.3. The second kappa shape index (κ2) is 10.5. The van der Waals surface area contributed by atoms with E-state index in [4.69, 9.17) is 0 Å². The molecule has 6 nitrogen and oxygen atoms in total. The zero-order valence-corrected chi connectivity index (χ0v) is 17.9. The van der Waals surface area contributed by atoms with Gasteiger partial charge in [-0.05, 0) is 76.6 Å².